The number of aromatic nitrogens is 4. The lowest BCUT2D eigenvalue weighted by Gasteiger charge is -2.16. The highest BCUT2D eigenvalue weighted by molar-refractivity contribution is 5.77. The van der Waals surface area contributed by atoms with E-state index in [9.17, 15) is 20.4 Å². The van der Waals surface area contributed by atoms with Gasteiger partial charge in [-0.05, 0) is 0 Å². The van der Waals surface area contributed by atoms with Gasteiger partial charge in [0.1, 0.15) is 24.6 Å². The molecule has 5 N–H and O–H groups in total. The number of hydrogen-bond donors (Lipinski definition) is 5. The van der Waals surface area contributed by atoms with Crippen LogP contribution in [0.2, 0.25) is 0 Å². The van der Waals surface area contributed by atoms with E-state index in [0.717, 1.165) is 10.9 Å². The summed E-state index contributed by atoms with van der Waals surface area (Å²) >= 11 is 0. The summed E-state index contributed by atoms with van der Waals surface area (Å²) in [6, 6.07) is -0.564. The van der Waals surface area contributed by atoms with Gasteiger partial charge in [0, 0.05) is 0 Å². The van der Waals surface area contributed by atoms with Crippen molar-refractivity contribution < 1.29 is 30.3 Å². The molecular formula is C10H12N4O6. The Balaban J connectivity index is 2.11. The molecule has 3 rings (SSSR count). The molecule has 1 aliphatic heterocycles. The molecule has 2 unspecified atom stereocenters. The zero-order valence-corrected chi connectivity index (χ0v) is 10.0. The molecule has 2 aromatic rings. The first-order valence-electron chi connectivity index (χ1n) is 5.78. The molecule has 0 amide bonds. The Bertz CT molecular complexity index is 646. The fraction of sp³-hybridized carbons (Fsp3) is 0.500. The number of imidazole rings is 1. The molecule has 0 aromatic carbocycles. The minimum absolute atomic E-state index is 0.0323. The molecule has 3 heterocycles. The highest BCUT2D eigenvalue weighted by atomic mass is 16.6. The first-order chi connectivity index (χ1) is 9.54. The summed E-state index contributed by atoms with van der Waals surface area (Å²) < 4.78 is 6.29. The van der Waals surface area contributed by atoms with Crippen molar-refractivity contribution in [3.8, 4) is 11.9 Å². The van der Waals surface area contributed by atoms with Crippen LogP contribution in [0.15, 0.2) is 6.33 Å². The predicted molar refractivity (Wildman–Crippen MR) is 61.7 cm³/mol. The molecule has 0 spiro atoms. The van der Waals surface area contributed by atoms with Crippen LogP contribution in [0.4, 0.5) is 0 Å². The molecule has 10 heteroatoms. The van der Waals surface area contributed by atoms with Gasteiger partial charge in [0.15, 0.2) is 17.4 Å². The third-order valence-corrected chi connectivity index (χ3v) is 3.21. The number of hydrogen-bond acceptors (Lipinski definition) is 9. The first kappa shape index (κ1) is 13.0. The number of fused-ring (bicyclic) bond motifs is 1. The zero-order valence-electron chi connectivity index (χ0n) is 10.0. The van der Waals surface area contributed by atoms with Gasteiger partial charge in [-0.2, -0.15) is 9.97 Å². The number of ether oxygens (including phenoxy) is 1. The molecule has 20 heavy (non-hydrogen) atoms. The van der Waals surface area contributed by atoms with Crippen LogP contribution in [0.1, 0.15) is 6.23 Å². The van der Waals surface area contributed by atoms with Crippen molar-refractivity contribution in [3.63, 3.8) is 0 Å². The monoisotopic (exact) mass is 284 g/mol. The summed E-state index contributed by atoms with van der Waals surface area (Å²) in [7, 11) is 0. The van der Waals surface area contributed by atoms with Crippen molar-refractivity contribution in [2.24, 2.45) is 0 Å². The van der Waals surface area contributed by atoms with Gasteiger partial charge >= 0.3 is 0 Å². The summed E-state index contributed by atoms with van der Waals surface area (Å²) in [6.45, 7) is -0.498. The topological polar surface area (TPSA) is 154 Å². The van der Waals surface area contributed by atoms with Crippen LogP contribution in [0.3, 0.4) is 0 Å². The number of aromatic hydroxyl groups is 2. The largest absolute Gasteiger partial charge is 0.492 e. The Morgan fingerprint density at radius 1 is 1.20 bits per heavy atom. The first-order valence-corrected chi connectivity index (χ1v) is 5.78. The third-order valence-electron chi connectivity index (χ3n) is 3.21. The summed E-state index contributed by atoms with van der Waals surface area (Å²) in [4.78, 5) is 11.0. The molecule has 108 valence electrons. The quantitative estimate of drug-likeness (QED) is 0.415. The van der Waals surface area contributed by atoms with Gasteiger partial charge in [-0.15, -0.1) is 0 Å². The van der Waals surface area contributed by atoms with Gasteiger partial charge < -0.3 is 30.3 Å². The maximum Gasteiger partial charge on any atom is 0.298 e. The second-order valence-corrected chi connectivity index (χ2v) is 4.38. The van der Waals surface area contributed by atoms with Crippen LogP contribution in [0, 0.1) is 0 Å². The van der Waals surface area contributed by atoms with Gasteiger partial charge in [0.05, 0.1) is 6.61 Å². The second-order valence-electron chi connectivity index (χ2n) is 4.38. The Morgan fingerprint density at radius 3 is 2.60 bits per heavy atom. The second kappa shape index (κ2) is 4.52. The third kappa shape index (κ3) is 1.70. The average molecular weight is 284 g/mol. The standard InChI is InChI=1S/C10H12N4O6/c15-1-3-5(16)6(17)9(20-3)14-7-4(13-10(14)19)8(18)12-2-11-7/h2-3,5-6,9,15-17H,1H2,(H,13,19)(H,11,12,18)/t3-,5?,6?,9-/m1/s1. The van der Waals surface area contributed by atoms with Crippen LogP contribution in [-0.2, 0) is 4.74 Å². The fourth-order valence-corrected chi connectivity index (χ4v) is 2.21. The molecule has 4 atom stereocenters. The van der Waals surface area contributed by atoms with Crippen molar-refractivity contribution in [2.45, 2.75) is 24.5 Å². The van der Waals surface area contributed by atoms with Crippen LogP contribution < -0.4 is 0 Å². The highest BCUT2D eigenvalue weighted by Gasteiger charge is 2.45. The normalized spacial score (nSPS) is 30.1. The molecular weight excluding hydrogens is 272 g/mol. The molecule has 0 radical (unpaired) electrons. The van der Waals surface area contributed by atoms with Crippen molar-refractivity contribution in [2.75, 3.05) is 6.61 Å². The Hall–Kier alpha value is -2.01. The Labute approximate surface area is 111 Å². The van der Waals surface area contributed by atoms with Crippen LogP contribution in [0.5, 0.6) is 11.9 Å². The van der Waals surface area contributed by atoms with Crippen molar-refractivity contribution in [1.82, 2.24) is 19.5 Å². The van der Waals surface area contributed by atoms with Gasteiger partial charge in [0.2, 0.25) is 5.88 Å². The lowest BCUT2D eigenvalue weighted by Crippen LogP contribution is -2.33. The summed E-state index contributed by atoms with van der Waals surface area (Å²) in [5, 5.41) is 48.0. The van der Waals surface area contributed by atoms with Gasteiger partial charge in [-0.1, -0.05) is 0 Å². The highest BCUT2D eigenvalue weighted by Crippen LogP contribution is 2.35. The number of aliphatic hydroxyl groups is 3. The molecule has 1 saturated heterocycles. The van der Waals surface area contributed by atoms with Crippen LogP contribution in [0.25, 0.3) is 11.2 Å². The van der Waals surface area contributed by atoms with E-state index < -0.39 is 43.0 Å². The molecule has 1 aliphatic rings. The molecule has 1 fully saturated rings. The SMILES string of the molecule is OC[C@H]1O[C@@H](n2c(O)nc3c(O)ncnc32)C(O)C1O. The van der Waals surface area contributed by atoms with Crippen molar-refractivity contribution in [3.05, 3.63) is 6.33 Å². The smallest absolute Gasteiger partial charge is 0.298 e. The molecule has 0 saturated carbocycles. The van der Waals surface area contributed by atoms with Crippen LogP contribution >= 0.6 is 0 Å². The fourth-order valence-electron chi connectivity index (χ4n) is 2.21. The zero-order chi connectivity index (χ0) is 14.4. The van der Waals surface area contributed by atoms with Gasteiger partial charge in [0.25, 0.3) is 6.01 Å². The van der Waals surface area contributed by atoms with Crippen molar-refractivity contribution in [1.29, 1.82) is 0 Å². The van der Waals surface area contributed by atoms with Gasteiger partial charge in [-0.3, -0.25) is 0 Å². The van der Waals surface area contributed by atoms with E-state index in [-0.39, 0.29) is 11.2 Å². The summed E-state index contributed by atoms with van der Waals surface area (Å²) in [5.74, 6) is -0.434. The van der Waals surface area contributed by atoms with E-state index in [0.29, 0.717) is 0 Å². The lowest BCUT2D eigenvalue weighted by atomic mass is 10.1. The maximum absolute atomic E-state index is 9.93. The average Bonchev–Trinajstić information content (AvgIpc) is 2.90. The van der Waals surface area contributed by atoms with E-state index in [1.54, 1.807) is 0 Å². The van der Waals surface area contributed by atoms with E-state index in [4.69, 9.17) is 9.84 Å². The number of aliphatic hydroxyl groups excluding tert-OH is 3. The van der Waals surface area contributed by atoms with E-state index >= 15 is 0 Å². The minimum Gasteiger partial charge on any atom is -0.492 e. The lowest BCUT2D eigenvalue weighted by molar-refractivity contribution is -0.0537. The number of rotatable bonds is 2. The minimum atomic E-state index is -1.40. The number of nitrogens with zero attached hydrogens (tertiary/aromatic N) is 4. The van der Waals surface area contributed by atoms with Crippen molar-refractivity contribution >= 4 is 11.2 Å². The van der Waals surface area contributed by atoms with E-state index in [1.807, 2.05) is 0 Å². The summed E-state index contributed by atoms with van der Waals surface area (Å²) in [5.41, 5.74) is -0.0346. The van der Waals surface area contributed by atoms with E-state index in [1.165, 1.54) is 0 Å². The summed E-state index contributed by atoms with van der Waals surface area (Å²) in [6.07, 6.45) is -3.86. The molecule has 10 nitrogen and oxygen atoms in total. The van der Waals surface area contributed by atoms with Gasteiger partial charge in [-0.25, -0.2) is 9.55 Å². The molecule has 0 bridgehead atoms. The van der Waals surface area contributed by atoms with E-state index in [2.05, 4.69) is 15.0 Å². The Morgan fingerprint density at radius 2 is 1.95 bits per heavy atom. The molecule has 0 aliphatic carbocycles. The maximum atomic E-state index is 9.93. The molecule has 2 aromatic heterocycles. The Kier molecular flexibility index (Phi) is 2.94. The van der Waals surface area contributed by atoms with Crippen LogP contribution in [-0.4, -0.2) is 70.0 Å². The predicted octanol–water partition coefficient (Wildman–Crippen LogP) is -2.15.